The number of nitrogens with zero attached hydrogens (tertiary/aromatic N) is 1. The van der Waals surface area contributed by atoms with Crippen LogP contribution in [0.3, 0.4) is 0 Å². The molecule has 45 heavy (non-hydrogen) atoms. The summed E-state index contributed by atoms with van der Waals surface area (Å²) in [5, 5.41) is 3.22. The molecule has 5 fully saturated rings. The van der Waals surface area contributed by atoms with Crippen LogP contribution in [0.2, 0.25) is 0 Å². The maximum Gasteiger partial charge on any atom is 0.312 e. The molecule has 0 aromatic rings. The fourth-order valence-corrected chi connectivity index (χ4v) is 12.7. The molecule has 6 nitrogen and oxygen atoms in total. The molecule has 6 aliphatic rings. The van der Waals surface area contributed by atoms with Gasteiger partial charge in [0, 0.05) is 18.5 Å². The summed E-state index contributed by atoms with van der Waals surface area (Å²) < 4.78 is 5.54. The van der Waals surface area contributed by atoms with Crippen molar-refractivity contribution in [2.75, 3.05) is 33.3 Å². The minimum Gasteiger partial charge on any atom is -0.469 e. The molecular weight excluding hydrogens is 560 g/mol. The van der Waals surface area contributed by atoms with Gasteiger partial charge in [0.05, 0.1) is 18.4 Å². The van der Waals surface area contributed by atoms with Crippen molar-refractivity contribution in [1.29, 1.82) is 0 Å². The van der Waals surface area contributed by atoms with Crippen molar-refractivity contribution in [3.05, 3.63) is 11.6 Å². The Balaban J connectivity index is 1.31. The number of esters is 1. The number of hydrogen-bond donors (Lipinski definition) is 1. The summed E-state index contributed by atoms with van der Waals surface area (Å²) in [5.41, 5.74) is 0.684. The monoisotopic (exact) mass is 622 g/mol. The van der Waals surface area contributed by atoms with Gasteiger partial charge in [-0.25, -0.2) is 0 Å². The highest BCUT2D eigenvalue weighted by Gasteiger charge is 2.70. The number of rotatable bonds is 5. The summed E-state index contributed by atoms with van der Waals surface area (Å²) in [7, 11) is 1.57. The van der Waals surface area contributed by atoms with Crippen molar-refractivity contribution in [2.24, 2.45) is 56.2 Å². The molecule has 252 valence electrons. The second-order valence-corrected chi connectivity index (χ2v) is 18.4. The average molecular weight is 623 g/mol. The highest BCUT2D eigenvalue weighted by molar-refractivity contribution is 6.04. The number of Topliss-reactive ketones (excluding diaryl/α,β-unsaturated/α-hetero) is 1. The zero-order valence-corrected chi connectivity index (χ0v) is 29.8. The summed E-state index contributed by atoms with van der Waals surface area (Å²) in [6, 6.07) is 0. The van der Waals surface area contributed by atoms with Crippen molar-refractivity contribution in [3.8, 4) is 0 Å². The lowest BCUT2D eigenvalue weighted by molar-refractivity contribution is -0.196. The fraction of sp³-hybridized carbons (Fsp3) is 0.872. The van der Waals surface area contributed by atoms with E-state index in [4.69, 9.17) is 4.74 Å². The minimum absolute atomic E-state index is 0.00409. The third-order valence-electron chi connectivity index (χ3n) is 15.5. The van der Waals surface area contributed by atoms with E-state index < -0.39 is 16.7 Å². The number of hydrogen-bond acceptors (Lipinski definition) is 5. The van der Waals surface area contributed by atoms with Crippen molar-refractivity contribution < 1.29 is 19.1 Å². The Bertz CT molecular complexity index is 1250. The van der Waals surface area contributed by atoms with E-state index in [0.29, 0.717) is 18.9 Å². The first-order chi connectivity index (χ1) is 21.1. The summed E-state index contributed by atoms with van der Waals surface area (Å²) in [6.45, 7) is 20.2. The highest BCUT2D eigenvalue weighted by Crippen LogP contribution is 2.75. The lowest BCUT2D eigenvalue weighted by atomic mass is 9.33. The van der Waals surface area contributed by atoms with Gasteiger partial charge in [-0.1, -0.05) is 66.5 Å². The van der Waals surface area contributed by atoms with Crippen LogP contribution in [-0.2, 0) is 19.1 Å². The molecule has 1 heterocycles. The molecule has 0 spiro atoms. The van der Waals surface area contributed by atoms with E-state index in [1.165, 1.54) is 24.8 Å². The van der Waals surface area contributed by atoms with Crippen LogP contribution in [0.5, 0.6) is 0 Å². The second kappa shape index (κ2) is 11.2. The third-order valence-corrected chi connectivity index (χ3v) is 15.5. The van der Waals surface area contributed by atoms with Crippen LogP contribution in [-0.4, -0.2) is 55.8 Å². The number of carbonyl (C=O) groups is 3. The van der Waals surface area contributed by atoms with E-state index >= 15 is 0 Å². The van der Waals surface area contributed by atoms with Gasteiger partial charge in [-0.05, 0) is 123 Å². The number of ketones is 1. The van der Waals surface area contributed by atoms with Gasteiger partial charge in [0.15, 0.2) is 5.78 Å². The lowest BCUT2D eigenvalue weighted by Gasteiger charge is -2.71. The largest absolute Gasteiger partial charge is 0.469 e. The van der Waals surface area contributed by atoms with Crippen LogP contribution >= 0.6 is 0 Å². The number of allylic oxidation sites excluding steroid dienone is 2. The number of likely N-dealkylation sites (tertiary alicyclic amines) is 1. The van der Waals surface area contributed by atoms with E-state index in [1.54, 1.807) is 7.11 Å². The number of methoxy groups -OCH3 is 1. The Kier molecular flexibility index (Phi) is 8.26. The normalized spacial score (nSPS) is 43.9. The molecule has 8 atom stereocenters. The first-order valence-corrected chi connectivity index (χ1v) is 18.4. The van der Waals surface area contributed by atoms with E-state index in [9.17, 15) is 14.4 Å². The summed E-state index contributed by atoms with van der Waals surface area (Å²) in [4.78, 5) is 43.9. The van der Waals surface area contributed by atoms with E-state index in [-0.39, 0.29) is 51.2 Å². The molecule has 0 radical (unpaired) electrons. The van der Waals surface area contributed by atoms with Crippen LogP contribution in [0.4, 0.5) is 0 Å². The predicted molar refractivity (Wildman–Crippen MR) is 178 cm³/mol. The topological polar surface area (TPSA) is 75.7 Å². The van der Waals surface area contributed by atoms with Gasteiger partial charge in [-0.3, -0.25) is 14.4 Å². The molecule has 0 bridgehead atoms. The number of nitrogens with one attached hydrogen (secondary N) is 1. The predicted octanol–water partition coefficient (Wildman–Crippen LogP) is 7.36. The van der Waals surface area contributed by atoms with Gasteiger partial charge in [-0.2, -0.15) is 0 Å². The van der Waals surface area contributed by atoms with Gasteiger partial charge in [-0.15, -0.1) is 0 Å². The molecule has 0 aromatic heterocycles. The van der Waals surface area contributed by atoms with Crippen molar-refractivity contribution >= 4 is 17.7 Å². The van der Waals surface area contributed by atoms with E-state index in [0.717, 1.165) is 71.0 Å². The van der Waals surface area contributed by atoms with Gasteiger partial charge < -0.3 is 15.0 Å². The molecule has 5 aliphatic carbocycles. The van der Waals surface area contributed by atoms with E-state index in [2.05, 4.69) is 64.8 Å². The Morgan fingerprint density at radius 1 is 0.911 bits per heavy atom. The van der Waals surface area contributed by atoms with Crippen molar-refractivity contribution in [2.45, 2.75) is 126 Å². The van der Waals surface area contributed by atoms with Gasteiger partial charge in [0.1, 0.15) is 0 Å². The Labute approximate surface area is 273 Å². The minimum atomic E-state index is -0.583. The second-order valence-electron chi connectivity index (χ2n) is 18.4. The maximum atomic E-state index is 14.1. The molecule has 4 unspecified atom stereocenters. The van der Waals surface area contributed by atoms with Crippen LogP contribution < -0.4 is 5.32 Å². The summed E-state index contributed by atoms with van der Waals surface area (Å²) >= 11 is 0. The first-order valence-electron chi connectivity index (χ1n) is 18.4. The van der Waals surface area contributed by atoms with Gasteiger partial charge >= 0.3 is 5.97 Å². The molecule has 6 rings (SSSR count). The maximum absolute atomic E-state index is 14.1. The molecular formula is C39H62N2O4. The SMILES string of the molecule is COC(=O)[C@]12CCC(C)(C)CC1C1=CCC3[C@@]4(C)CC(C(=O)NCCN5CCCCC5)C(=O)C(C)(C)C4CC[C@@]3(C)[C@]1(C)CC2. The molecule has 1 saturated heterocycles. The van der Waals surface area contributed by atoms with E-state index in [1.807, 2.05) is 0 Å². The standard InChI is InChI=1S/C39H62N2O4/c1-34(2)16-18-39(33(44)45-8)19-17-37(6)27(28(39)25-34)12-13-30-36(5)24-26(32(43)40-20-23-41-21-10-9-11-22-41)31(42)35(3,4)29(36)14-15-38(30,37)7/h12,26,28-30H,9-11,13-25H2,1-8H3,(H,40,43)/t26?,28?,29?,30?,36-,37+,38+,39-/m0/s1. The van der Waals surface area contributed by atoms with Crippen LogP contribution in [0.1, 0.15) is 126 Å². The Hall–Kier alpha value is -1.69. The number of fused-ring (bicyclic) bond motifs is 7. The zero-order chi connectivity index (χ0) is 32.6. The van der Waals surface area contributed by atoms with Gasteiger partial charge in [0.2, 0.25) is 5.91 Å². The highest BCUT2D eigenvalue weighted by atomic mass is 16.5. The average Bonchev–Trinajstić information content (AvgIpc) is 2.99. The molecule has 6 heteroatoms. The lowest BCUT2D eigenvalue weighted by Crippen LogP contribution is -2.66. The van der Waals surface area contributed by atoms with Crippen molar-refractivity contribution in [1.82, 2.24) is 10.2 Å². The van der Waals surface area contributed by atoms with Crippen LogP contribution in [0, 0.1) is 56.2 Å². The molecule has 1 aliphatic heterocycles. The smallest absolute Gasteiger partial charge is 0.312 e. The summed E-state index contributed by atoms with van der Waals surface area (Å²) in [6.07, 6.45) is 15.0. The molecule has 4 saturated carbocycles. The third kappa shape index (κ3) is 4.91. The summed E-state index contributed by atoms with van der Waals surface area (Å²) in [5.74, 6) is 0.371. The zero-order valence-electron chi connectivity index (χ0n) is 29.8. The van der Waals surface area contributed by atoms with Gasteiger partial charge in [0.25, 0.3) is 0 Å². The molecule has 0 aromatic carbocycles. The number of ether oxygens (including phenoxy) is 1. The number of amides is 1. The molecule has 1 amide bonds. The number of carbonyl (C=O) groups excluding carboxylic acids is 3. The molecule has 1 N–H and O–H groups in total. The Morgan fingerprint density at radius 3 is 2.29 bits per heavy atom. The fourth-order valence-electron chi connectivity index (χ4n) is 12.7. The van der Waals surface area contributed by atoms with Crippen molar-refractivity contribution in [3.63, 3.8) is 0 Å². The Morgan fingerprint density at radius 2 is 1.60 bits per heavy atom. The quantitative estimate of drug-likeness (QED) is 0.197. The van der Waals surface area contributed by atoms with Crippen LogP contribution in [0.15, 0.2) is 11.6 Å². The number of piperidine rings is 1. The van der Waals surface area contributed by atoms with Crippen LogP contribution in [0.25, 0.3) is 0 Å². The first kappa shape index (κ1) is 33.2.